The minimum absolute atomic E-state index is 0.336. The summed E-state index contributed by atoms with van der Waals surface area (Å²) in [6.07, 6.45) is 0. The summed E-state index contributed by atoms with van der Waals surface area (Å²) >= 11 is 12.5. The van der Waals surface area contributed by atoms with Gasteiger partial charge in [-0.25, -0.2) is 4.98 Å². The predicted octanol–water partition coefficient (Wildman–Crippen LogP) is 6.67. The van der Waals surface area contributed by atoms with E-state index in [1.54, 1.807) is 30.3 Å². The van der Waals surface area contributed by atoms with Crippen molar-refractivity contribution >= 4 is 45.9 Å². The molecule has 0 bridgehead atoms. The molecule has 0 saturated carbocycles. The topological polar surface area (TPSA) is 55.1 Å². The molecule has 0 saturated heterocycles. The molecule has 0 aliphatic carbocycles. The molecule has 4 aromatic rings. The molecule has 28 heavy (non-hydrogen) atoms. The van der Waals surface area contributed by atoms with Gasteiger partial charge < -0.3 is 9.73 Å². The van der Waals surface area contributed by atoms with E-state index in [2.05, 4.69) is 10.3 Å². The van der Waals surface area contributed by atoms with Crippen LogP contribution in [0.1, 0.15) is 21.5 Å². The molecule has 4 rings (SSSR count). The summed E-state index contributed by atoms with van der Waals surface area (Å²) in [7, 11) is 0. The Balaban J connectivity index is 1.67. The highest BCUT2D eigenvalue weighted by Gasteiger charge is 2.15. The maximum atomic E-state index is 12.6. The lowest BCUT2D eigenvalue weighted by Gasteiger charge is -2.10. The zero-order valence-corrected chi connectivity index (χ0v) is 16.7. The first kappa shape index (κ1) is 18.5. The number of aryl methyl sites for hydroxylation is 2. The van der Waals surface area contributed by atoms with E-state index in [1.807, 2.05) is 38.1 Å². The number of halogens is 2. The maximum Gasteiger partial charge on any atom is 0.257 e. The van der Waals surface area contributed by atoms with Gasteiger partial charge in [0.05, 0.1) is 21.3 Å². The summed E-state index contributed by atoms with van der Waals surface area (Å²) in [6.45, 7) is 3.91. The number of nitrogens with zero attached hydrogens (tertiary/aromatic N) is 1. The number of benzene rings is 3. The molecule has 1 amide bonds. The number of rotatable bonds is 3. The number of nitrogens with one attached hydrogen (secondary N) is 1. The van der Waals surface area contributed by atoms with Crippen LogP contribution in [0.25, 0.3) is 22.6 Å². The second kappa shape index (κ2) is 7.30. The van der Waals surface area contributed by atoms with Crippen LogP contribution >= 0.6 is 23.2 Å². The molecule has 1 aromatic heterocycles. The minimum atomic E-state index is -0.336. The van der Waals surface area contributed by atoms with Crippen LogP contribution in [-0.4, -0.2) is 10.9 Å². The third-order valence-corrected chi connectivity index (χ3v) is 5.02. The zero-order valence-electron chi connectivity index (χ0n) is 15.2. The van der Waals surface area contributed by atoms with Gasteiger partial charge in [-0.15, -0.1) is 0 Å². The Morgan fingerprint density at radius 1 is 0.929 bits per heavy atom. The highest BCUT2D eigenvalue weighted by Crippen LogP contribution is 2.31. The van der Waals surface area contributed by atoms with E-state index in [-0.39, 0.29) is 5.91 Å². The van der Waals surface area contributed by atoms with E-state index >= 15 is 0 Å². The standard InChI is InChI=1S/C22H16Cl2N2O2/c1-12-3-6-15(17(24)9-12)21(27)25-18-11-14(5-7-16(18)23)22-26-19-10-13(2)4-8-20(19)28-22/h3-11H,1-2H3,(H,25,27). The number of hydrogen-bond donors (Lipinski definition) is 1. The minimum Gasteiger partial charge on any atom is -0.436 e. The second-order valence-corrected chi connectivity index (χ2v) is 7.44. The van der Waals surface area contributed by atoms with Gasteiger partial charge in [0.1, 0.15) is 5.52 Å². The molecule has 0 radical (unpaired) electrons. The van der Waals surface area contributed by atoms with Crippen LogP contribution in [0.4, 0.5) is 5.69 Å². The molecule has 140 valence electrons. The van der Waals surface area contributed by atoms with E-state index < -0.39 is 0 Å². The third kappa shape index (κ3) is 3.61. The van der Waals surface area contributed by atoms with Gasteiger partial charge in [0.25, 0.3) is 5.91 Å². The lowest BCUT2D eigenvalue weighted by Crippen LogP contribution is -2.13. The summed E-state index contributed by atoms with van der Waals surface area (Å²) in [5, 5.41) is 3.61. The number of aromatic nitrogens is 1. The number of oxazole rings is 1. The highest BCUT2D eigenvalue weighted by molar-refractivity contribution is 6.36. The first-order chi connectivity index (χ1) is 13.4. The van der Waals surface area contributed by atoms with E-state index in [1.165, 1.54) is 0 Å². The molecule has 0 aliphatic rings. The van der Waals surface area contributed by atoms with Crippen molar-refractivity contribution in [2.45, 2.75) is 13.8 Å². The maximum absolute atomic E-state index is 12.6. The molecule has 0 unspecified atom stereocenters. The van der Waals surface area contributed by atoms with Crippen molar-refractivity contribution < 1.29 is 9.21 Å². The SMILES string of the molecule is Cc1ccc(C(=O)Nc2cc(-c3nc4cc(C)ccc4o3)ccc2Cl)c(Cl)c1. The summed E-state index contributed by atoms with van der Waals surface area (Å²) in [4.78, 5) is 17.2. The van der Waals surface area contributed by atoms with E-state index in [4.69, 9.17) is 27.6 Å². The Hall–Kier alpha value is -2.82. The highest BCUT2D eigenvalue weighted by atomic mass is 35.5. The summed E-state index contributed by atoms with van der Waals surface area (Å²) in [6, 6.07) is 16.3. The predicted molar refractivity (Wildman–Crippen MR) is 113 cm³/mol. The fourth-order valence-electron chi connectivity index (χ4n) is 2.91. The van der Waals surface area contributed by atoms with Crippen molar-refractivity contribution in [1.82, 2.24) is 4.98 Å². The van der Waals surface area contributed by atoms with Crippen LogP contribution in [0.5, 0.6) is 0 Å². The molecule has 0 atom stereocenters. The van der Waals surface area contributed by atoms with E-state index in [0.717, 1.165) is 16.6 Å². The molecule has 0 spiro atoms. The molecule has 4 nitrogen and oxygen atoms in total. The molecule has 1 N–H and O–H groups in total. The Bertz CT molecular complexity index is 1210. The van der Waals surface area contributed by atoms with Crippen molar-refractivity contribution in [2.24, 2.45) is 0 Å². The lowest BCUT2D eigenvalue weighted by molar-refractivity contribution is 0.102. The van der Waals surface area contributed by atoms with Gasteiger partial charge in [-0.3, -0.25) is 4.79 Å². The van der Waals surface area contributed by atoms with Gasteiger partial charge in [-0.1, -0.05) is 35.3 Å². The van der Waals surface area contributed by atoms with E-state index in [9.17, 15) is 4.79 Å². The lowest BCUT2D eigenvalue weighted by atomic mass is 10.1. The Labute approximate surface area is 172 Å². The van der Waals surface area contributed by atoms with Crippen molar-refractivity contribution in [3.05, 3.63) is 81.3 Å². The molecule has 6 heteroatoms. The Morgan fingerprint density at radius 2 is 1.68 bits per heavy atom. The molecule has 1 heterocycles. The van der Waals surface area contributed by atoms with Crippen LogP contribution in [-0.2, 0) is 0 Å². The molecule has 0 fully saturated rings. The van der Waals surface area contributed by atoms with Crippen molar-refractivity contribution in [2.75, 3.05) is 5.32 Å². The molecule has 0 aliphatic heterocycles. The first-order valence-electron chi connectivity index (χ1n) is 8.65. The van der Waals surface area contributed by atoms with Crippen LogP contribution < -0.4 is 5.32 Å². The van der Waals surface area contributed by atoms with Crippen LogP contribution in [0.2, 0.25) is 10.0 Å². The number of hydrogen-bond acceptors (Lipinski definition) is 3. The number of anilines is 1. The number of carbonyl (C=O) groups is 1. The van der Waals surface area contributed by atoms with Gasteiger partial charge >= 0.3 is 0 Å². The van der Waals surface area contributed by atoms with Crippen LogP contribution in [0.3, 0.4) is 0 Å². The van der Waals surface area contributed by atoms with Gasteiger partial charge in [0.2, 0.25) is 5.89 Å². The first-order valence-corrected chi connectivity index (χ1v) is 9.41. The summed E-state index contributed by atoms with van der Waals surface area (Å²) < 4.78 is 5.84. The summed E-state index contributed by atoms with van der Waals surface area (Å²) in [5.41, 5.74) is 5.11. The average Bonchev–Trinajstić information content (AvgIpc) is 3.06. The third-order valence-electron chi connectivity index (χ3n) is 4.37. The van der Waals surface area contributed by atoms with Crippen molar-refractivity contribution in [3.8, 4) is 11.5 Å². The van der Waals surface area contributed by atoms with Gasteiger partial charge in [0.15, 0.2) is 5.58 Å². The largest absolute Gasteiger partial charge is 0.436 e. The quantitative estimate of drug-likeness (QED) is 0.410. The van der Waals surface area contributed by atoms with Gasteiger partial charge in [-0.05, 0) is 67.4 Å². The van der Waals surface area contributed by atoms with E-state index in [0.29, 0.717) is 38.3 Å². The van der Waals surface area contributed by atoms with Crippen LogP contribution in [0.15, 0.2) is 59.0 Å². The Kier molecular flexibility index (Phi) is 4.84. The smallest absolute Gasteiger partial charge is 0.257 e. The van der Waals surface area contributed by atoms with Gasteiger partial charge in [-0.2, -0.15) is 0 Å². The Morgan fingerprint density at radius 3 is 2.46 bits per heavy atom. The van der Waals surface area contributed by atoms with Crippen molar-refractivity contribution in [3.63, 3.8) is 0 Å². The number of amides is 1. The van der Waals surface area contributed by atoms with Gasteiger partial charge in [0, 0.05) is 5.56 Å². The second-order valence-electron chi connectivity index (χ2n) is 6.62. The van der Waals surface area contributed by atoms with Crippen molar-refractivity contribution in [1.29, 1.82) is 0 Å². The zero-order chi connectivity index (χ0) is 19.8. The molecular formula is C22H16Cl2N2O2. The average molecular weight is 411 g/mol. The normalized spacial score (nSPS) is 11.0. The number of fused-ring (bicyclic) bond motifs is 1. The summed E-state index contributed by atoms with van der Waals surface area (Å²) in [5.74, 6) is 0.123. The molecular weight excluding hydrogens is 395 g/mol. The van der Waals surface area contributed by atoms with Crippen LogP contribution in [0, 0.1) is 13.8 Å². The monoisotopic (exact) mass is 410 g/mol. The fraction of sp³-hybridized carbons (Fsp3) is 0.0909. The molecule has 3 aromatic carbocycles. The fourth-order valence-corrected chi connectivity index (χ4v) is 3.39. The number of carbonyl (C=O) groups excluding carboxylic acids is 1.